The average molecular weight is 332 g/mol. The van der Waals surface area contributed by atoms with Crippen molar-refractivity contribution in [3.8, 4) is 0 Å². The van der Waals surface area contributed by atoms with Crippen LogP contribution in [0.15, 0.2) is 61.1 Å². The number of aromatic nitrogens is 2. The SMILES string of the molecule is Cc1ccc(NC(=O)c2cc(NCc3cccnc3)ccn2)c(C)c1. The lowest BCUT2D eigenvalue weighted by Crippen LogP contribution is -2.15. The van der Waals surface area contributed by atoms with Gasteiger partial charge in [0, 0.05) is 36.5 Å². The first kappa shape index (κ1) is 16.6. The fraction of sp³-hybridized carbons (Fsp3) is 0.150. The first-order valence-corrected chi connectivity index (χ1v) is 8.09. The summed E-state index contributed by atoms with van der Waals surface area (Å²) in [5.41, 5.74) is 5.27. The Morgan fingerprint density at radius 1 is 1.08 bits per heavy atom. The normalized spacial score (nSPS) is 10.3. The highest BCUT2D eigenvalue weighted by atomic mass is 16.1. The van der Waals surface area contributed by atoms with Crippen LogP contribution in [0.3, 0.4) is 0 Å². The molecule has 0 unspecified atom stereocenters. The minimum Gasteiger partial charge on any atom is -0.381 e. The van der Waals surface area contributed by atoms with Gasteiger partial charge in [-0.25, -0.2) is 0 Å². The summed E-state index contributed by atoms with van der Waals surface area (Å²) in [6.45, 7) is 4.63. The van der Waals surface area contributed by atoms with Crippen molar-refractivity contribution >= 4 is 17.3 Å². The molecule has 25 heavy (non-hydrogen) atoms. The van der Waals surface area contributed by atoms with Crippen LogP contribution in [0, 0.1) is 13.8 Å². The molecular formula is C20H20N4O. The van der Waals surface area contributed by atoms with Crippen LogP contribution in [0.4, 0.5) is 11.4 Å². The topological polar surface area (TPSA) is 66.9 Å². The summed E-state index contributed by atoms with van der Waals surface area (Å²) in [5.74, 6) is -0.225. The lowest BCUT2D eigenvalue weighted by molar-refractivity contribution is 0.102. The molecule has 3 rings (SSSR count). The molecule has 0 aliphatic rings. The Balaban J connectivity index is 1.69. The number of nitrogens with zero attached hydrogens (tertiary/aromatic N) is 2. The molecule has 0 aliphatic carbocycles. The van der Waals surface area contributed by atoms with E-state index in [2.05, 4.69) is 20.6 Å². The molecule has 5 heteroatoms. The molecule has 0 radical (unpaired) electrons. The number of rotatable bonds is 5. The van der Waals surface area contributed by atoms with Gasteiger partial charge in [0.1, 0.15) is 5.69 Å². The number of hydrogen-bond acceptors (Lipinski definition) is 4. The zero-order valence-corrected chi connectivity index (χ0v) is 14.3. The molecule has 126 valence electrons. The summed E-state index contributed by atoms with van der Waals surface area (Å²) in [7, 11) is 0. The molecule has 2 heterocycles. The number of hydrogen-bond donors (Lipinski definition) is 2. The number of carbonyl (C=O) groups excluding carboxylic acids is 1. The average Bonchev–Trinajstić information content (AvgIpc) is 2.63. The molecule has 0 saturated heterocycles. The van der Waals surface area contributed by atoms with Crippen molar-refractivity contribution in [1.82, 2.24) is 9.97 Å². The van der Waals surface area contributed by atoms with E-state index in [-0.39, 0.29) is 5.91 Å². The van der Waals surface area contributed by atoms with Gasteiger partial charge in [-0.1, -0.05) is 23.8 Å². The smallest absolute Gasteiger partial charge is 0.274 e. The molecule has 2 aromatic heterocycles. The van der Waals surface area contributed by atoms with Crippen LogP contribution in [-0.4, -0.2) is 15.9 Å². The van der Waals surface area contributed by atoms with Gasteiger partial charge in [0.15, 0.2) is 0 Å². The van der Waals surface area contributed by atoms with Gasteiger partial charge in [0.05, 0.1) is 0 Å². The van der Waals surface area contributed by atoms with Gasteiger partial charge in [-0.2, -0.15) is 0 Å². The van der Waals surface area contributed by atoms with E-state index in [1.165, 1.54) is 0 Å². The summed E-state index contributed by atoms with van der Waals surface area (Å²) >= 11 is 0. The first-order valence-electron chi connectivity index (χ1n) is 8.09. The van der Waals surface area contributed by atoms with Gasteiger partial charge in [-0.3, -0.25) is 14.8 Å². The molecule has 1 aromatic carbocycles. The Hall–Kier alpha value is -3.21. The molecular weight excluding hydrogens is 312 g/mol. The second-order valence-electron chi connectivity index (χ2n) is 5.92. The number of carbonyl (C=O) groups is 1. The van der Waals surface area contributed by atoms with E-state index >= 15 is 0 Å². The van der Waals surface area contributed by atoms with Gasteiger partial charge < -0.3 is 10.6 Å². The highest BCUT2D eigenvalue weighted by molar-refractivity contribution is 6.03. The number of nitrogens with one attached hydrogen (secondary N) is 2. The molecule has 0 atom stereocenters. The van der Waals surface area contributed by atoms with E-state index in [0.29, 0.717) is 12.2 Å². The predicted molar refractivity (Wildman–Crippen MR) is 99.7 cm³/mol. The number of pyridine rings is 2. The Labute approximate surface area is 147 Å². The molecule has 3 aromatic rings. The van der Waals surface area contributed by atoms with Crippen molar-refractivity contribution < 1.29 is 4.79 Å². The fourth-order valence-corrected chi connectivity index (χ4v) is 2.51. The largest absolute Gasteiger partial charge is 0.381 e. The van der Waals surface area contributed by atoms with E-state index in [0.717, 1.165) is 28.1 Å². The summed E-state index contributed by atoms with van der Waals surface area (Å²) < 4.78 is 0. The van der Waals surface area contributed by atoms with Crippen LogP contribution in [0.25, 0.3) is 0 Å². The minimum absolute atomic E-state index is 0.225. The van der Waals surface area contributed by atoms with E-state index in [1.807, 2.05) is 56.4 Å². The molecule has 0 bridgehead atoms. The summed E-state index contributed by atoms with van der Waals surface area (Å²) in [4.78, 5) is 20.7. The summed E-state index contributed by atoms with van der Waals surface area (Å²) in [6.07, 6.45) is 5.18. The third kappa shape index (κ3) is 4.41. The Morgan fingerprint density at radius 3 is 2.72 bits per heavy atom. The van der Waals surface area contributed by atoms with Crippen LogP contribution < -0.4 is 10.6 Å². The Kier molecular flexibility index (Phi) is 5.04. The number of amides is 1. The van der Waals surface area contributed by atoms with Crippen molar-refractivity contribution in [1.29, 1.82) is 0 Å². The van der Waals surface area contributed by atoms with Crippen molar-refractivity contribution in [2.45, 2.75) is 20.4 Å². The van der Waals surface area contributed by atoms with Gasteiger partial charge in [0.25, 0.3) is 5.91 Å². The van der Waals surface area contributed by atoms with Crippen molar-refractivity contribution in [3.05, 3.63) is 83.4 Å². The monoisotopic (exact) mass is 332 g/mol. The molecule has 0 saturated carbocycles. The van der Waals surface area contributed by atoms with E-state index in [9.17, 15) is 4.79 Å². The van der Waals surface area contributed by atoms with Gasteiger partial charge in [-0.05, 0) is 49.2 Å². The van der Waals surface area contributed by atoms with Crippen molar-refractivity contribution in [3.63, 3.8) is 0 Å². The van der Waals surface area contributed by atoms with E-state index < -0.39 is 0 Å². The number of benzene rings is 1. The maximum atomic E-state index is 12.5. The molecule has 0 aliphatic heterocycles. The van der Waals surface area contributed by atoms with E-state index in [1.54, 1.807) is 18.5 Å². The lowest BCUT2D eigenvalue weighted by Gasteiger charge is -2.10. The minimum atomic E-state index is -0.225. The van der Waals surface area contributed by atoms with Gasteiger partial charge >= 0.3 is 0 Å². The number of anilines is 2. The maximum absolute atomic E-state index is 12.5. The van der Waals surface area contributed by atoms with Crippen LogP contribution in [0.2, 0.25) is 0 Å². The van der Waals surface area contributed by atoms with Crippen LogP contribution in [0.5, 0.6) is 0 Å². The standard InChI is InChI=1S/C20H20N4O/c1-14-5-6-18(15(2)10-14)24-20(25)19-11-17(7-9-22-19)23-13-16-4-3-8-21-12-16/h3-12H,13H2,1-2H3,(H,22,23)(H,24,25). The molecule has 0 fully saturated rings. The quantitative estimate of drug-likeness (QED) is 0.742. The third-order valence-electron chi connectivity index (χ3n) is 3.84. The second-order valence-corrected chi connectivity index (χ2v) is 5.92. The Morgan fingerprint density at radius 2 is 1.96 bits per heavy atom. The molecule has 1 amide bonds. The molecule has 2 N–H and O–H groups in total. The van der Waals surface area contributed by atoms with Gasteiger partial charge in [0.2, 0.25) is 0 Å². The fourth-order valence-electron chi connectivity index (χ4n) is 2.51. The van der Waals surface area contributed by atoms with Crippen LogP contribution in [-0.2, 0) is 6.54 Å². The zero-order chi connectivity index (χ0) is 17.6. The number of aryl methyl sites for hydroxylation is 2. The highest BCUT2D eigenvalue weighted by Gasteiger charge is 2.10. The summed E-state index contributed by atoms with van der Waals surface area (Å²) in [5, 5.41) is 6.19. The lowest BCUT2D eigenvalue weighted by atomic mass is 10.1. The maximum Gasteiger partial charge on any atom is 0.274 e. The van der Waals surface area contributed by atoms with Crippen molar-refractivity contribution in [2.24, 2.45) is 0 Å². The zero-order valence-electron chi connectivity index (χ0n) is 14.3. The van der Waals surface area contributed by atoms with E-state index in [4.69, 9.17) is 0 Å². The third-order valence-corrected chi connectivity index (χ3v) is 3.84. The second kappa shape index (κ2) is 7.57. The molecule has 5 nitrogen and oxygen atoms in total. The predicted octanol–water partition coefficient (Wildman–Crippen LogP) is 3.96. The van der Waals surface area contributed by atoms with Crippen LogP contribution in [0.1, 0.15) is 27.2 Å². The molecule has 0 spiro atoms. The summed E-state index contributed by atoms with van der Waals surface area (Å²) in [6, 6.07) is 13.4. The highest BCUT2D eigenvalue weighted by Crippen LogP contribution is 2.17. The first-order chi connectivity index (χ1) is 12.1. The van der Waals surface area contributed by atoms with Crippen LogP contribution >= 0.6 is 0 Å². The van der Waals surface area contributed by atoms with Crippen molar-refractivity contribution in [2.75, 3.05) is 10.6 Å². The van der Waals surface area contributed by atoms with Gasteiger partial charge in [-0.15, -0.1) is 0 Å². The Bertz CT molecular complexity index is 878.